The van der Waals surface area contributed by atoms with E-state index in [2.05, 4.69) is 5.32 Å². The molecule has 16 heavy (non-hydrogen) atoms. The fourth-order valence-electron chi connectivity index (χ4n) is 2.11. The minimum atomic E-state index is 0.403. The van der Waals surface area contributed by atoms with Gasteiger partial charge >= 0.3 is 0 Å². The summed E-state index contributed by atoms with van der Waals surface area (Å²) in [6.45, 7) is 0.686. The molecule has 1 aromatic rings. The van der Waals surface area contributed by atoms with E-state index in [1.165, 1.54) is 11.1 Å². The molecule has 4 nitrogen and oxygen atoms in total. The Bertz CT molecular complexity index is 403. The summed E-state index contributed by atoms with van der Waals surface area (Å²) in [4.78, 5) is 10.2. The predicted octanol–water partition coefficient (Wildman–Crippen LogP) is 1.09. The zero-order chi connectivity index (χ0) is 11.5. The number of carbonyl (C=O) groups excluding carboxylic acids is 1. The van der Waals surface area contributed by atoms with Gasteiger partial charge in [-0.25, -0.2) is 0 Å². The van der Waals surface area contributed by atoms with Crippen LogP contribution in [0.1, 0.15) is 17.0 Å². The zero-order valence-electron chi connectivity index (χ0n) is 9.45. The summed E-state index contributed by atoms with van der Waals surface area (Å²) in [6, 6.07) is 4.00. The molecule has 1 atom stereocenters. The number of methoxy groups -OCH3 is 2. The van der Waals surface area contributed by atoms with Crippen molar-refractivity contribution in [3.05, 3.63) is 23.3 Å². The molecule has 0 saturated carbocycles. The highest BCUT2D eigenvalue weighted by molar-refractivity contribution is 5.54. The van der Waals surface area contributed by atoms with E-state index in [1.54, 1.807) is 14.2 Å². The van der Waals surface area contributed by atoms with Gasteiger partial charge in [0.05, 0.1) is 14.2 Å². The first-order chi connectivity index (χ1) is 7.80. The van der Waals surface area contributed by atoms with Gasteiger partial charge in [0.25, 0.3) is 0 Å². The Labute approximate surface area is 94.6 Å². The number of ether oxygens (including phenoxy) is 2. The molecule has 1 aliphatic rings. The van der Waals surface area contributed by atoms with Crippen LogP contribution in [0, 0.1) is 0 Å². The smallest absolute Gasteiger partial charge is 0.207 e. The van der Waals surface area contributed by atoms with Crippen LogP contribution in [0.25, 0.3) is 0 Å². The lowest BCUT2D eigenvalue weighted by molar-refractivity contribution is -0.109. The molecule has 1 N–H and O–H groups in total. The van der Waals surface area contributed by atoms with Crippen molar-refractivity contribution in [1.29, 1.82) is 0 Å². The van der Waals surface area contributed by atoms with E-state index in [0.717, 1.165) is 24.3 Å². The van der Waals surface area contributed by atoms with Gasteiger partial charge in [-0.05, 0) is 29.7 Å². The topological polar surface area (TPSA) is 47.6 Å². The average molecular weight is 221 g/mol. The summed E-state index contributed by atoms with van der Waals surface area (Å²) < 4.78 is 10.5. The van der Waals surface area contributed by atoms with Crippen molar-refractivity contribution in [3.8, 4) is 11.5 Å². The van der Waals surface area contributed by atoms with Crippen molar-refractivity contribution < 1.29 is 14.3 Å². The van der Waals surface area contributed by atoms with Crippen LogP contribution in [0.3, 0.4) is 0 Å². The van der Waals surface area contributed by atoms with Crippen LogP contribution >= 0.6 is 0 Å². The predicted molar refractivity (Wildman–Crippen MR) is 60.1 cm³/mol. The Balaban J connectivity index is 2.20. The molecule has 0 bridgehead atoms. The number of hydrogen-bond acceptors (Lipinski definition) is 3. The van der Waals surface area contributed by atoms with Crippen LogP contribution in [0.5, 0.6) is 11.5 Å². The van der Waals surface area contributed by atoms with E-state index < -0.39 is 0 Å². The summed E-state index contributed by atoms with van der Waals surface area (Å²) in [5.74, 6) is 1.92. The number of amides is 1. The van der Waals surface area contributed by atoms with E-state index in [4.69, 9.17) is 9.47 Å². The van der Waals surface area contributed by atoms with Crippen molar-refractivity contribution in [2.24, 2.45) is 0 Å². The first-order valence-corrected chi connectivity index (χ1v) is 5.22. The minimum absolute atomic E-state index is 0.403. The van der Waals surface area contributed by atoms with Gasteiger partial charge in [0, 0.05) is 12.5 Å². The lowest BCUT2D eigenvalue weighted by atomic mass is 9.77. The number of carbonyl (C=O) groups is 1. The molecule has 0 spiro atoms. The zero-order valence-corrected chi connectivity index (χ0v) is 9.45. The molecular weight excluding hydrogens is 206 g/mol. The van der Waals surface area contributed by atoms with Gasteiger partial charge in [-0.1, -0.05) is 0 Å². The molecule has 4 heteroatoms. The van der Waals surface area contributed by atoms with Crippen molar-refractivity contribution in [2.75, 3.05) is 20.8 Å². The van der Waals surface area contributed by atoms with E-state index in [9.17, 15) is 4.79 Å². The van der Waals surface area contributed by atoms with Crippen molar-refractivity contribution >= 4 is 6.41 Å². The largest absolute Gasteiger partial charge is 0.493 e. The Kier molecular flexibility index (Phi) is 2.99. The minimum Gasteiger partial charge on any atom is -0.493 e. The van der Waals surface area contributed by atoms with Gasteiger partial charge in [0.15, 0.2) is 11.5 Å². The summed E-state index contributed by atoms with van der Waals surface area (Å²) in [5.41, 5.74) is 2.52. The maximum atomic E-state index is 10.2. The first kappa shape index (κ1) is 10.8. The van der Waals surface area contributed by atoms with E-state index >= 15 is 0 Å². The average Bonchev–Trinajstić information content (AvgIpc) is 2.30. The number of rotatable bonds is 5. The fraction of sp³-hybridized carbons (Fsp3) is 0.417. The summed E-state index contributed by atoms with van der Waals surface area (Å²) in [7, 11) is 3.26. The molecule has 0 fully saturated rings. The van der Waals surface area contributed by atoms with E-state index in [-0.39, 0.29) is 0 Å². The third-order valence-corrected chi connectivity index (χ3v) is 3.00. The molecule has 0 aromatic heterocycles. The third kappa shape index (κ3) is 1.71. The van der Waals surface area contributed by atoms with Crippen molar-refractivity contribution in [2.45, 2.75) is 12.3 Å². The van der Waals surface area contributed by atoms with Crippen LogP contribution in [-0.2, 0) is 11.2 Å². The van der Waals surface area contributed by atoms with Crippen LogP contribution in [-0.4, -0.2) is 27.2 Å². The fourth-order valence-corrected chi connectivity index (χ4v) is 2.11. The monoisotopic (exact) mass is 221 g/mol. The maximum Gasteiger partial charge on any atom is 0.207 e. The van der Waals surface area contributed by atoms with Gasteiger partial charge in [0.1, 0.15) is 0 Å². The summed E-state index contributed by atoms with van der Waals surface area (Å²) in [6.07, 6.45) is 1.72. The first-order valence-electron chi connectivity index (χ1n) is 5.22. The van der Waals surface area contributed by atoms with Gasteiger partial charge in [0.2, 0.25) is 6.41 Å². The summed E-state index contributed by atoms with van der Waals surface area (Å²) >= 11 is 0. The highest BCUT2D eigenvalue weighted by atomic mass is 16.5. The van der Waals surface area contributed by atoms with Gasteiger partial charge in [-0.15, -0.1) is 0 Å². The molecule has 2 rings (SSSR count). The standard InChI is InChI=1S/C12H15NO3/c1-15-11-4-8-3-9(6-13-7-14)10(8)5-12(11)16-2/h4-5,7,9H,3,6H2,1-2H3,(H,13,14)/t9-/m1/s1. The van der Waals surface area contributed by atoms with Crippen LogP contribution in [0.15, 0.2) is 12.1 Å². The maximum absolute atomic E-state index is 10.2. The van der Waals surface area contributed by atoms with Crippen LogP contribution < -0.4 is 14.8 Å². The Morgan fingerprint density at radius 3 is 2.69 bits per heavy atom. The Morgan fingerprint density at radius 2 is 2.06 bits per heavy atom. The summed E-state index contributed by atoms with van der Waals surface area (Å²) in [5, 5.41) is 2.70. The van der Waals surface area contributed by atoms with Crippen molar-refractivity contribution in [3.63, 3.8) is 0 Å². The molecule has 1 aromatic carbocycles. The lowest BCUT2D eigenvalue weighted by Gasteiger charge is -2.31. The van der Waals surface area contributed by atoms with Gasteiger partial charge in [-0.3, -0.25) is 4.79 Å². The Hall–Kier alpha value is -1.71. The molecule has 0 radical (unpaired) electrons. The number of hydrogen-bond donors (Lipinski definition) is 1. The molecule has 0 aliphatic heterocycles. The van der Waals surface area contributed by atoms with Crippen LogP contribution in [0.2, 0.25) is 0 Å². The lowest BCUT2D eigenvalue weighted by Crippen LogP contribution is -2.28. The molecule has 0 unspecified atom stereocenters. The second-order valence-corrected chi connectivity index (χ2v) is 3.83. The highest BCUT2D eigenvalue weighted by Gasteiger charge is 2.27. The SMILES string of the molecule is COc1cc2c(cc1OC)[C@@H](CNC=O)C2. The van der Waals surface area contributed by atoms with E-state index in [0.29, 0.717) is 12.5 Å². The number of nitrogens with one attached hydrogen (secondary N) is 1. The highest BCUT2D eigenvalue weighted by Crippen LogP contribution is 2.41. The normalized spacial score (nSPS) is 17.0. The molecule has 0 heterocycles. The van der Waals surface area contributed by atoms with Gasteiger partial charge in [-0.2, -0.15) is 0 Å². The van der Waals surface area contributed by atoms with Crippen LogP contribution in [0.4, 0.5) is 0 Å². The quantitative estimate of drug-likeness (QED) is 0.757. The van der Waals surface area contributed by atoms with Gasteiger partial charge < -0.3 is 14.8 Å². The molecule has 1 aliphatic carbocycles. The van der Waals surface area contributed by atoms with E-state index in [1.807, 2.05) is 12.1 Å². The number of benzene rings is 1. The molecule has 0 saturated heterocycles. The molecule has 86 valence electrons. The molecule has 1 amide bonds. The Morgan fingerprint density at radius 1 is 1.38 bits per heavy atom. The third-order valence-electron chi connectivity index (χ3n) is 3.00. The number of fused-ring (bicyclic) bond motifs is 1. The second kappa shape index (κ2) is 4.43. The molecular formula is C12H15NO3. The second-order valence-electron chi connectivity index (χ2n) is 3.83. The van der Waals surface area contributed by atoms with Crippen molar-refractivity contribution in [1.82, 2.24) is 5.32 Å².